The first-order valence-electron chi connectivity index (χ1n) is 7.52. The third-order valence-corrected chi connectivity index (χ3v) is 8.06. The number of anilines is 1. The van der Waals surface area contributed by atoms with E-state index in [0.29, 0.717) is 27.7 Å². The lowest BCUT2D eigenvalue weighted by Crippen LogP contribution is -2.29. The first-order chi connectivity index (χ1) is 11.7. The number of aryl methyl sites for hydroxylation is 1. The van der Waals surface area contributed by atoms with Crippen LogP contribution < -0.4 is 9.03 Å². The summed E-state index contributed by atoms with van der Waals surface area (Å²) in [6, 6.07) is 9.63. The fraction of sp³-hybridized carbons (Fsp3) is 0.250. The molecule has 1 aliphatic rings. The molecule has 9 heteroatoms. The molecule has 1 N–H and O–H groups in total. The van der Waals surface area contributed by atoms with Gasteiger partial charge in [-0.05, 0) is 61.9 Å². The highest BCUT2D eigenvalue weighted by Gasteiger charge is 2.32. The molecule has 0 aromatic heterocycles. The number of halogens is 1. The predicted molar refractivity (Wildman–Crippen MR) is 99.8 cm³/mol. The summed E-state index contributed by atoms with van der Waals surface area (Å²) in [4.78, 5) is 0.369. The zero-order chi connectivity index (χ0) is 18.4. The van der Waals surface area contributed by atoms with Gasteiger partial charge < -0.3 is 0 Å². The van der Waals surface area contributed by atoms with E-state index >= 15 is 0 Å². The van der Waals surface area contributed by atoms with Gasteiger partial charge in [-0.3, -0.25) is 4.31 Å². The van der Waals surface area contributed by atoms with E-state index in [-0.39, 0.29) is 16.3 Å². The summed E-state index contributed by atoms with van der Waals surface area (Å²) in [5.74, 6) is 0. The van der Waals surface area contributed by atoms with Crippen molar-refractivity contribution in [1.29, 1.82) is 0 Å². The Balaban J connectivity index is 2.07. The van der Waals surface area contributed by atoms with Gasteiger partial charge in [-0.15, -0.1) is 0 Å². The number of fused-ring (bicyclic) bond motifs is 1. The average molecular weight is 445 g/mol. The fourth-order valence-electron chi connectivity index (χ4n) is 2.85. The number of hydrogen-bond donors (Lipinski definition) is 1. The van der Waals surface area contributed by atoms with E-state index in [1.54, 1.807) is 31.2 Å². The lowest BCUT2D eigenvalue weighted by molar-refractivity contribution is 0.587. The zero-order valence-electron chi connectivity index (χ0n) is 13.7. The van der Waals surface area contributed by atoms with Crippen LogP contribution in [0.4, 0.5) is 5.69 Å². The van der Waals surface area contributed by atoms with Crippen LogP contribution in [-0.2, 0) is 26.5 Å². The average Bonchev–Trinajstić information content (AvgIpc) is 3.00. The molecule has 1 heterocycles. The molecule has 0 radical (unpaired) electrons. The molecule has 0 saturated carbocycles. The van der Waals surface area contributed by atoms with Gasteiger partial charge in [0.25, 0.3) is 10.0 Å². The summed E-state index contributed by atoms with van der Waals surface area (Å²) in [5.41, 5.74) is 1.88. The van der Waals surface area contributed by atoms with Gasteiger partial charge in [0.15, 0.2) is 0 Å². The second-order valence-electron chi connectivity index (χ2n) is 5.74. The summed E-state index contributed by atoms with van der Waals surface area (Å²) in [5, 5.41) is 0. The molecule has 0 bridgehead atoms. The molecular formula is C16H17BrN2O4S2. The molecule has 25 heavy (non-hydrogen) atoms. The van der Waals surface area contributed by atoms with Crippen molar-refractivity contribution in [2.24, 2.45) is 0 Å². The van der Waals surface area contributed by atoms with Crippen LogP contribution in [0.25, 0.3) is 0 Å². The minimum Gasteiger partial charge on any atom is -0.266 e. The zero-order valence-corrected chi connectivity index (χ0v) is 16.9. The molecule has 0 amide bonds. The molecule has 2 aromatic rings. The SMILES string of the molecule is CNS(=O)(=O)c1ccc2c(c1)CCN2S(=O)(=O)c1cc(Br)ccc1C. The van der Waals surface area contributed by atoms with Gasteiger partial charge in [0.1, 0.15) is 0 Å². The number of nitrogens with zero attached hydrogens (tertiary/aromatic N) is 1. The third kappa shape index (κ3) is 3.21. The van der Waals surface area contributed by atoms with Gasteiger partial charge in [0.05, 0.1) is 15.5 Å². The van der Waals surface area contributed by atoms with Crippen LogP contribution >= 0.6 is 15.9 Å². The van der Waals surface area contributed by atoms with Crippen LogP contribution in [0.3, 0.4) is 0 Å². The van der Waals surface area contributed by atoms with E-state index in [2.05, 4.69) is 20.7 Å². The van der Waals surface area contributed by atoms with Crippen LogP contribution in [0.5, 0.6) is 0 Å². The van der Waals surface area contributed by atoms with Gasteiger partial charge in [0, 0.05) is 11.0 Å². The summed E-state index contributed by atoms with van der Waals surface area (Å²) < 4.78 is 54.3. The smallest absolute Gasteiger partial charge is 0.264 e. The maximum Gasteiger partial charge on any atom is 0.264 e. The standard InChI is InChI=1S/C16H17BrN2O4S2/c1-11-3-4-13(17)10-16(11)25(22,23)19-8-7-12-9-14(5-6-15(12)19)24(20,21)18-2/h3-6,9-10,18H,7-8H2,1-2H3. The van der Waals surface area contributed by atoms with Crippen molar-refractivity contribution in [2.45, 2.75) is 23.1 Å². The van der Waals surface area contributed by atoms with Crippen LogP contribution in [0.2, 0.25) is 0 Å². The van der Waals surface area contributed by atoms with Crippen molar-refractivity contribution in [3.05, 3.63) is 52.0 Å². The minimum atomic E-state index is -3.72. The molecule has 1 aliphatic heterocycles. The molecule has 2 aromatic carbocycles. The minimum absolute atomic E-state index is 0.131. The summed E-state index contributed by atoms with van der Waals surface area (Å²) in [7, 11) is -5.94. The van der Waals surface area contributed by atoms with Crippen molar-refractivity contribution in [3.8, 4) is 0 Å². The van der Waals surface area contributed by atoms with Crippen LogP contribution in [0.1, 0.15) is 11.1 Å². The highest BCUT2D eigenvalue weighted by atomic mass is 79.9. The Labute approximate surface area is 156 Å². The molecule has 134 valence electrons. The molecule has 0 saturated heterocycles. The fourth-order valence-corrected chi connectivity index (χ4v) is 5.90. The number of nitrogens with one attached hydrogen (secondary N) is 1. The first kappa shape index (κ1) is 18.4. The Bertz CT molecular complexity index is 1050. The largest absolute Gasteiger partial charge is 0.266 e. The third-order valence-electron chi connectivity index (χ3n) is 4.20. The van der Waals surface area contributed by atoms with Crippen molar-refractivity contribution in [1.82, 2.24) is 4.72 Å². The Morgan fingerprint density at radius 3 is 2.48 bits per heavy atom. The quantitative estimate of drug-likeness (QED) is 0.784. The predicted octanol–water partition coefficient (Wildman–Crippen LogP) is 2.42. The Hall–Kier alpha value is -1.42. The highest BCUT2D eigenvalue weighted by molar-refractivity contribution is 9.10. The molecule has 6 nitrogen and oxygen atoms in total. The van der Waals surface area contributed by atoms with E-state index < -0.39 is 20.0 Å². The van der Waals surface area contributed by atoms with Crippen LogP contribution in [0, 0.1) is 6.92 Å². The Morgan fingerprint density at radius 2 is 1.80 bits per heavy atom. The van der Waals surface area contributed by atoms with Crippen LogP contribution in [-0.4, -0.2) is 30.4 Å². The lowest BCUT2D eigenvalue weighted by Gasteiger charge is -2.21. The Morgan fingerprint density at radius 1 is 1.08 bits per heavy atom. The first-order valence-corrected chi connectivity index (χ1v) is 11.2. The van der Waals surface area contributed by atoms with Crippen molar-refractivity contribution >= 4 is 41.7 Å². The van der Waals surface area contributed by atoms with E-state index in [1.807, 2.05) is 0 Å². The molecule has 0 aliphatic carbocycles. The number of sulfonamides is 2. The molecule has 0 unspecified atom stereocenters. The molecule has 0 atom stereocenters. The van der Waals surface area contributed by atoms with Crippen molar-refractivity contribution in [2.75, 3.05) is 17.9 Å². The number of hydrogen-bond acceptors (Lipinski definition) is 4. The second kappa shape index (κ2) is 6.39. The lowest BCUT2D eigenvalue weighted by atomic mass is 10.2. The summed E-state index contributed by atoms with van der Waals surface area (Å²) in [6.07, 6.45) is 0.467. The van der Waals surface area contributed by atoms with E-state index in [0.717, 1.165) is 0 Å². The van der Waals surface area contributed by atoms with Gasteiger partial charge in [-0.1, -0.05) is 22.0 Å². The summed E-state index contributed by atoms with van der Waals surface area (Å²) in [6.45, 7) is 2.03. The molecule has 0 spiro atoms. The maximum atomic E-state index is 13.1. The van der Waals surface area contributed by atoms with Crippen molar-refractivity contribution < 1.29 is 16.8 Å². The van der Waals surface area contributed by atoms with E-state index in [1.165, 1.54) is 23.5 Å². The molecule has 0 fully saturated rings. The monoisotopic (exact) mass is 444 g/mol. The van der Waals surface area contributed by atoms with Gasteiger partial charge in [0.2, 0.25) is 10.0 Å². The summed E-state index contributed by atoms with van der Waals surface area (Å²) >= 11 is 3.31. The number of benzene rings is 2. The van der Waals surface area contributed by atoms with Gasteiger partial charge in [-0.25, -0.2) is 21.6 Å². The topological polar surface area (TPSA) is 83.6 Å². The Kier molecular flexibility index (Phi) is 4.69. The highest BCUT2D eigenvalue weighted by Crippen LogP contribution is 2.35. The van der Waals surface area contributed by atoms with E-state index in [9.17, 15) is 16.8 Å². The normalized spacial score (nSPS) is 14.6. The van der Waals surface area contributed by atoms with Crippen molar-refractivity contribution in [3.63, 3.8) is 0 Å². The second-order valence-corrected chi connectivity index (χ2v) is 10.4. The molecular weight excluding hydrogens is 428 g/mol. The van der Waals surface area contributed by atoms with Gasteiger partial charge >= 0.3 is 0 Å². The van der Waals surface area contributed by atoms with E-state index in [4.69, 9.17) is 0 Å². The molecule has 3 rings (SSSR count). The number of rotatable bonds is 4. The van der Waals surface area contributed by atoms with Crippen LogP contribution in [0.15, 0.2) is 50.7 Å². The maximum absolute atomic E-state index is 13.1. The van der Waals surface area contributed by atoms with Gasteiger partial charge in [-0.2, -0.15) is 0 Å².